The monoisotopic (exact) mass is 382 g/mol. The Kier molecular flexibility index (Phi) is 5.00. The molecule has 0 bridgehead atoms. The van der Waals surface area contributed by atoms with Crippen molar-refractivity contribution in [1.82, 2.24) is 9.55 Å². The molecule has 4 rings (SSSR count). The van der Waals surface area contributed by atoms with Gasteiger partial charge in [0.05, 0.1) is 11.6 Å². The average Bonchev–Trinajstić information content (AvgIpc) is 2.71. The molecule has 0 radical (unpaired) electrons. The molecule has 3 aromatic rings. The van der Waals surface area contributed by atoms with Crippen LogP contribution in [0.15, 0.2) is 47.4 Å². The second-order valence-electron chi connectivity index (χ2n) is 7.06. The fourth-order valence-corrected chi connectivity index (χ4v) is 3.65. The zero-order valence-corrected chi connectivity index (χ0v) is 15.7. The Morgan fingerprint density at radius 3 is 2.61 bits per heavy atom. The van der Waals surface area contributed by atoms with Gasteiger partial charge in [0.1, 0.15) is 5.82 Å². The van der Waals surface area contributed by atoms with E-state index in [1.54, 1.807) is 12.3 Å². The second kappa shape index (κ2) is 7.59. The molecule has 3 heterocycles. The molecular weight excluding hydrogens is 359 g/mol. The number of rotatable bonds is 4. The highest BCUT2D eigenvalue weighted by Crippen LogP contribution is 2.24. The molecule has 0 spiro atoms. The van der Waals surface area contributed by atoms with E-state index in [0.29, 0.717) is 23.3 Å². The molecular formula is C21H23FN4O2. The minimum atomic E-state index is -0.766. The summed E-state index contributed by atoms with van der Waals surface area (Å²) in [7, 11) is 0. The highest BCUT2D eigenvalue weighted by molar-refractivity contribution is 5.81. The summed E-state index contributed by atoms with van der Waals surface area (Å²) in [5.74, 6) is -0.174. The Morgan fingerprint density at radius 2 is 1.93 bits per heavy atom. The van der Waals surface area contributed by atoms with Crippen LogP contribution in [0.4, 0.5) is 21.6 Å². The molecule has 6 nitrogen and oxygen atoms in total. The van der Waals surface area contributed by atoms with E-state index in [-0.39, 0.29) is 6.10 Å². The number of pyridine rings is 2. The first kappa shape index (κ1) is 18.4. The van der Waals surface area contributed by atoms with Crippen molar-refractivity contribution in [3.05, 3.63) is 58.8 Å². The molecule has 146 valence electrons. The van der Waals surface area contributed by atoms with Crippen LogP contribution >= 0.6 is 0 Å². The number of aryl methyl sites for hydroxylation is 1. The largest absolute Gasteiger partial charge is 0.393 e. The zero-order valence-electron chi connectivity index (χ0n) is 15.7. The molecule has 1 aromatic carbocycles. The maximum atomic E-state index is 13.8. The Labute approximate surface area is 162 Å². The summed E-state index contributed by atoms with van der Waals surface area (Å²) in [5.41, 5.74) is 2.03. The van der Waals surface area contributed by atoms with E-state index in [1.807, 2.05) is 31.2 Å². The van der Waals surface area contributed by atoms with Crippen LogP contribution in [0.25, 0.3) is 10.9 Å². The van der Waals surface area contributed by atoms with Crippen molar-refractivity contribution in [3.8, 4) is 0 Å². The van der Waals surface area contributed by atoms with Crippen LogP contribution in [0.3, 0.4) is 0 Å². The third kappa shape index (κ3) is 3.57. The van der Waals surface area contributed by atoms with Gasteiger partial charge in [-0.1, -0.05) is 0 Å². The first-order valence-corrected chi connectivity index (χ1v) is 9.54. The third-order valence-electron chi connectivity index (χ3n) is 5.22. The molecule has 0 saturated carbocycles. The van der Waals surface area contributed by atoms with Crippen LogP contribution in [0, 0.1) is 5.82 Å². The van der Waals surface area contributed by atoms with E-state index in [1.165, 1.54) is 10.6 Å². The number of nitrogens with one attached hydrogen (secondary N) is 1. The van der Waals surface area contributed by atoms with Crippen molar-refractivity contribution in [2.75, 3.05) is 23.3 Å². The van der Waals surface area contributed by atoms with Gasteiger partial charge in [-0.15, -0.1) is 0 Å². The van der Waals surface area contributed by atoms with Crippen LogP contribution in [0.5, 0.6) is 0 Å². The van der Waals surface area contributed by atoms with Gasteiger partial charge in [0.25, 0.3) is 5.56 Å². The van der Waals surface area contributed by atoms with Gasteiger partial charge in [-0.25, -0.2) is 9.37 Å². The number of aliphatic hydroxyl groups excluding tert-OH is 1. The molecule has 1 aliphatic heterocycles. The fourth-order valence-electron chi connectivity index (χ4n) is 3.65. The number of aliphatic hydroxyl groups is 1. The van der Waals surface area contributed by atoms with E-state index < -0.39 is 11.4 Å². The van der Waals surface area contributed by atoms with Crippen molar-refractivity contribution in [1.29, 1.82) is 0 Å². The van der Waals surface area contributed by atoms with Gasteiger partial charge in [0, 0.05) is 48.7 Å². The number of halogens is 1. The third-order valence-corrected chi connectivity index (χ3v) is 5.22. The maximum absolute atomic E-state index is 13.8. The molecule has 0 aliphatic carbocycles. The number of hydrogen-bond acceptors (Lipinski definition) is 5. The summed E-state index contributed by atoms with van der Waals surface area (Å²) < 4.78 is 15.2. The van der Waals surface area contributed by atoms with E-state index in [9.17, 15) is 14.3 Å². The lowest BCUT2D eigenvalue weighted by Crippen LogP contribution is -2.35. The molecule has 0 unspecified atom stereocenters. The summed E-state index contributed by atoms with van der Waals surface area (Å²) in [5, 5.41) is 13.5. The Hall–Kier alpha value is -2.93. The minimum absolute atomic E-state index is 0.190. The quantitative estimate of drug-likeness (QED) is 0.725. The number of nitrogens with zero attached hydrogens (tertiary/aromatic N) is 3. The first-order chi connectivity index (χ1) is 13.5. The average molecular weight is 382 g/mol. The predicted molar refractivity (Wildman–Crippen MR) is 109 cm³/mol. The SMILES string of the molecule is CCn1c(=O)c(F)cc2cnc(Nc3ccc(N4CCC(O)CC4)cc3)cc21. The topological polar surface area (TPSA) is 70.4 Å². The van der Waals surface area contributed by atoms with E-state index in [2.05, 4.69) is 15.2 Å². The molecule has 0 atom stereocenters. The molecule has 1 aliphatic rings. The number of benzene rings is 1. The number of aromatic nitrogens is 2. The minimum Gasteiger partial charge on any atom is -0.393 e. The van der Waals surface area contributed by atoms with Crippen molar-refractivity contribution >= 4 is 28.1 Å². The van der Waals surface area contributed by atoms with Gasteiger partial charge in [-0.2, -0.15) is 0 Å². The molecule has 1 fully saturated rings. The lowest BCUT2D eigenvalue weighted by molar-refractivity contribution is 0.145. The predicted octanol–water partition coefficient (Wildman–Crippen LogP) is 3.26. The number of anilines is 3. The highest BCUT2D eigenvalue weighted by Gasteiger charge is 2.17. The van der Waals surface area contributed by atoms with Crippen LogP contribution in [0.1, 0.15) is 19.8 Å². The smallest absolute Gasteiger partial charge is 0.287 e. The summed E-state index contributed by atoms with van der Waals surface area (Å²) in [6, 6.07) is 11.0. The highest BCUT2D eigenvalue weighted by atomic mass is 19.1. The van der Waals surface area contributed by atoms with E-state index in [0.717, 1.165) is 37.3 Å². The van der Waals surface area contributed by atoms with Crippen LogP contribution < -0.4 is 15.8 Å². The van der Waals surface area contributed by atoms with E-state index >= 15 is 0 Å². The number of hydrogen-bond donors (Lipinski definition) is 2. The Balaban J connectivity index is 1.56. The normalized spacial score (nSPS) is 15.2. The summed E-state index contributed by atoms with van der Waals surface area (Å²) >= 11 is 0. The summed E-state index contributed by atoms with van der Waals surface area (Å²) in [6.45, 7) is 3.90. The molecule has 2 aromatic heterocycles. The van der Waals surface area contributed by atoms with Gasteiger partial charge in [-0.3, -0.25) is 4.79 Å². The van der Waals surface area contributed by atoms with Gasteiger partial charge in [0.15, 0.2) is 5.82 Å². The number of fused-ring (bicyclic) bond motifs is 1. The van der Waals surface area contributed by atoms with Crippen molar-refractivity contribution in [2.24, 2.45) is 0 Å². The molecule has 28 heavy (non-hydrogen) atoms. The standard InChI is InChI=1S/C21H23FN4O2/c1-2-26-19-12-20(23-13-14(19)11-18(22)21(26)28)24-15-3-5-16(6-4-15)25-9-7-17(27)8-10-25/h3-6,11-13,17,27H,2,7-10H2,1H3,(H,23,24). The molecule has 7 heteroatoms. The maximum Gasteiger partial charge on any atom is 0.287 e. The first-order valence-electron chi connectivity index (χ1n) is 9.54. The van der Waals surface area contributed by atoms with Crippen molar-refractivity contribution in [3.63, 3.8) is 0 Å². The molecule has 0 amide bonds. The van der Waals surface area contributed by atoms with Crippen LogP contribution in [-0.4, -0.2) is 33.9 Å². The van der Waals surface area contributed by atoms with Gasteiger partial charge < -0.3 is 19.9 Å². The molecule has 2 N–H and O–H groups in total. The van der Waals surface area contributed by atoms with Crippen molar-refractivity contribution < 1.29 is 9.50 Å². The fraction of sp³-hybridized carbons (Fsp3) is 0.333. The van der Waals surface area contributed by atoms with E-state index in [4.69, 9.17) is 0 Å². The van der Waals surface area contributed by atoms with Gasteiger partial charge >= 0.3 is 0 Å². The van der Waals surface area contributed by atoms with Gasteiger partial charge in [-0.05, 0) is 50.1 Å². The Morgan fingerprint density at radius 1 is 1.21 bits per heavy atom. The van der Waals surface area contributed by atoms with Gasteiger partial charge in [0.2, 0.25) is 0 Å². The second-order valence-corrected chi connectivity index (χ2v) is 7.06. The van der Waals surface area contributed by atoms with Crippen LogP contribution in [-0.2, 0) is 6.54 Å². The van der Waals surface area contributed by atoms with Crippen molar-refractivity contribution in [2.45, 2.75) is 32.4 Å². The van der Waals surface area contributed by atoms with Crippen LogP contribution in [0.2, 0.25) is 0 Å². The summed E-state index contributed by atoms with van der Waals surface area (Å²) in [6.07, 6.45) is 2.96. The lowest BCUT2D eigenvalue weighted by Gasteiger charge is -2.31. The zero-order chi connectivity index (χ0) is 19.7. The Bertz CT molecular complexity index is 1040. The number of piperidine rings is 1. The molecule has 1 saturated heterocycles. The summed E-state index contributed by atoms with van der Waals surface area (Å²) in [4.78, 5) is 18.6. The lowest BCUT2D eigenvalue weighted by atomic mass is 10.1.